The summed E-state index contributed by atoms with van der Waals surface area (Å²) in [6, 6.07) is 9.87. The van der Waals surface area contributed by atoms with Crippen molar-refractivity contribution in [1.82, 2.24) is 9.97 Å². The molecule has 1 unspecified atom stereocenters. The summed E-state index contributed by atoms with van der Waals surface area (Å²) in [4.78, 5) is 25.7. The zero-order valence-corrected chi connectivity index (χ0v) is 15.1. The highest BCUT2D eigenvalue weighted by molar-refractivity contribution is 7.18. The first-order chi connectivity index (χ1) is 12.2. The molecule has 1 atom stereocenters. The van der Waals surface area contributed by atoms with Crippen LogP contribution in [0.5, 0.6) is 0 Å². The van der Waals surface area contributed by atoms with Crippen LogP contribution in [0.1, 0.15) is 24.3 Å². The summed E-state index contributed by atoms with van der Waals surface area (Å²) in [6.45, 7) is 4.76. The van der Waals surface area contributed by atoms with Crippen LogP contribution in [0.4, 0.5) is 11.5 Å². The fourth-order valence-corrected chi connectivity index (χ4v) is 4.20. The molecule has 6 heteroatoms. The Labute approximate surface area is 150 Å². The summed E-state index contributed by atoms with van der Waals surface area (Å²) in [7, 11) is 0. The molecule has 4 rings (SSSR count). The average Bonchev–Trinajstić information content (AvgIpc) is 3.25. The molecule has 1 N–H and O–H groups in total. The smallest absolute Gasteiger partial charge is 0.249 e. The predicted octanol–water partition coefficient (Wildman–Crippen LogP) is 3.64. The minimum absolute atomic E-state index is 0.0719. The third-order valence-corrected chi connectivity index (χ3v) is 5.79. The van der Waals surface area contributed by atoms with Gasteiger partial charge in [0.05, 0.1) is 5.39 Å². The summed E-state index contributed by atoms with van der Waals surface area (Å²) in [5.74, 6) is 0.803. The Hall–Kier alpha value is -2.47. The van der Waals surface area contributed by atoms with Crippen LogP contribution >= 0.6 is 11.3 Å². The second-order valence-corrected chi connectivity index (χ2v) is 7.36. The number of para-hydroxylation sites is 1. The molecule has 1 aliphatic heterocycles. The van der Waals surface area contributed by atoms with Gasteiger partial charge in [-0.25, -0.2) is 9.97 Å². The Bertz CT molecular complexity index is 936. The summed E-state index contributed by atoms with van der Waals surface area (Å²) < 4.78 is 0. The fraction of sp³-hybridized carbons (Fsp3) is 0.316. The van der Waals surface area contributed by atoms with E-state index in [-0.39, 0.29) is 11.9 Å². The maximum absolute atomic E-state index is 12.9. The summed E-state index contributed by atoms with van der Waals surface area (Å²) in [5, 5.41) is 4.29. The quantitative estimate of drug-likeness (QED) is 0.779. The van der Waals surface area contributed by atoms with Gasteiger partial charge in [0.25, 0.3) is 0 Å². The first-order valence-corrected chi connectivity index (χ1v) is 9.38. The number of nitrogens with one attached hydrogen (secondary N) is 1. The van der Waals surface area contributed by atoms with Gasteiger partial charge in [0.15, 0.2) is 0 Å². The topological polar surface area (TPSA) is 58.1 Å². The number of aromatic nitrogens is 2. The van der Waals surface area contributed by atoms with Crippen molar-refractivity contribution in [3.05, 3.63) is 47.1 Å². The van der Waals surface area contributed by atoms with Crippen LogP contribution in [-0.2, 0) is 17.6 Å². The van der Waals surface area contributed by atoms with Gasteiger partial charge in [-0.3, -0.25) is 4.79 Å². The van der Waals surface area contributed by atoms with Crippen LogP contribution in [0.15, 0.2) is 36.7 Å². The number of fused-ring (bicyclic) bond motifs is 2. The molecule has 0 saturated heterocycles. The van der Waals surface area contributed by atoms with Crippen LogP contribution in [0.3, 0.4) is 0 Å². The molecule has 0 bridgehead atoms. The molecular weight excluding hydrogens is 332 g/mol. The van der Waals surface area contributed by atoms with Crippen LogP contribution in [0.2, 0.25) is 0 Å². The van der Waals surface area contributed by atoms with Crippen molar-refractivity contribution in [3.8, 4) is 0 Å². The van der Waals surface area contributed by atoms with E-state index in [0.717, 1.165) is 41.1 Å². The van der Waals surface area contributed by atoms with E-state index in [1.807, 2.05) is 30.0 Å². The van der Waals surface area contributed by atoms with E-state index in [1.54, 1.807) is 17.7 Å². The largest absolute Gasteiger partial charge is 0.358 e. The fourth-order valence-electron chi connectivity index (χ4n) is 3.26. The molecule has 1 amide bonds. The maximum atomic E-state index is 12.9. The number of anilines is 2. The molecule has 0 fully saturated rings. The molecule has 1 aliphatic rings. The van der Waals surface area contributed by atoms with Gasteiger partial charge in [0.2, 0.25) is 5.91 Å². The zero-order valence-electron chi connectivity index (χ0n) is 14.3. The lowest BCUT2D eigenvalue weighted by molar-refractivity contribution is -0.118. The van der Waals surface area contributed by atoms with E-state index >= 15 is 0 Å². The van der Waals surface area contributed by atoms with Crippen LogP contribution < -0.4 is 10.2 Å². The van der Waals surface area contributed by atoms with Crippen molar-refractivity contribution in [2.24, 2.45) is 0 Å². The molecule has 0 spiro atoms. The molecule has 1 aromatic carbocycles. The summed E-state index contributed by atoms with van der Waals surface area (Å²) in [6.07, 6.45) is 3.44. The Morgan fingerprint density at radius 2 is 2.20 bits per heavy atom. The minimum atomic E-state index is -0.353. The molecule has 0 saturated carbocycles. The number of hydrogen-bond acceptors (Lipinski definition) is 5. The lowest BCUT2D eigenvalue weighted by Gasteiger charge is -2.22. The van der Waals surface area contributed by atoms with Crippen molar-refractivity contribution in [3.63, 3.8) is 0 Å². The second kappa shape index (κ2) is 6.44. The van der Waals surface area contributed by atoms with Gasteiger partial charge in [0.1, 0.15) is 23.0 Å². The number of aryl methyl sites for hydroxylation is 1. The lowest BCUT2D eigenvalue weighted by atomic mass is 10.2. The van der Waals surface area contributed by atoms with E-state index in [2.05, 4.69) is 34.3 Å². The molecule has 3 heterocycles. The molecule has 25 heavy (non-hydrogen) atoms. The summed E-state index contributed by atoms with van der Waals surface area (Å²) in [5.41, 5.74) is 2.26. The first kappa shape index (κ1) is 16.0. The Balaban J connectivity index is 1.57. The van der Waals surface area contributed by atoms with E-state index in [0.29, 0.717) is 0 Å². The Morgan fingerprint density at radius 3 is 3.04 bits per heavy atom. The number of benzene rings is 1. The van der Waals surface area contributed by atoms with E-state index in [1.165, 1.54) is 10.4 Å². The van der Waals surface area contributed by atoms with Gasteiger partial charge in [-0.2, -0.15) is 0 Å². The average molecular weight is 352 g/mol. The highest BCUT2D eigenvalue weighted by atomic mass is 32.1. The van der Waals surface area contributed by atoms with Crippen LogP contribution in [0.25, 0.3) is 10.2 Å². The highest BCUT2D eigenvalue weighted by Crippen LogP contribution is 2.30. The van der Waals surface area contributed by atoms with E-state index < -0.39 is 0 Å². The number of nitrogens with zero attached hydrogens (tertiary/aromatic N) is 3. The minimum Gasteiger partial charge on any atom is -0.358 e. The Morgan fingerprint density at radius 1 is 1.36 bits per heavy atom. The van der Waals surface area contributed by atoms with Crippen LogP contribution in [-0.4, -0.2) is 28.5 Å². The maximum Gasteiger partial charge on any atom is 0.249 e. The van der Waals surface area contributed by atoms with Crippen molar-refractivity contribution in [2.75, 3.05) is 16.8 Å². The van der Waals surface area contributed by atoms with Crippen molar-refractivity contribution < 1.29 is 4.79 Å². The Kier molecular flexibility index (Phi) is 4.13. The normalized spacial score (nSPS) is 14.6. The van der Waals surface area contributed by atoms with Crippen molar-refractivity contribution in [1.29, 1.82) is 0 Å². The van der Waals surface area contributed by atoms with Crippen molar-refractivity contribution >= 4 is 39.0 Å². The third-order valence-electron chi connectivity index (χ3n) is 4.61. The number of amides is 1. The molecule has 128 valence electrons. The third kappa shape index (κ3) is 2.87. The molecule has 0 radical (unpaired) electrons. The zero-order chi connectivity index (χ0) is 17.4. The van der Waals surface area contributed by atoms with E-state index in [4.69, 9.17) is 0 Å². The van der Waals surface area contributed by atoms with Gasteiger partial charge < -0.3 is 10.2 Å². The molecule has 3 aromatic rings. The van der Waals surface area contributed by atoms with Gasteiger partial charge >= 0.3 is 0 Å². The standard InChI is InChI=1S/C19H20N4OS/c1-3-14-10-15-17(20-11-21-18(15)25-14)22-12(2)19(24)23-9-8-13-6-4-5-7-16(13)23/h4-7,10-12H,3,8-9H2,1-2H3,(H,20,21,22). The number of hydrogen-bond donors (Lipinski definition) is 1. The second-order valence-electron chi connectivity index (χ2n) is 6.24. The molecule has 2 aromatic heterocycles. The van der Waals surface area contributed by atoms with Crippen molar-refractivity contribution in [2.45, 2.75) is 32.7 Å². The lowest BCUT2D eigenvalue weighted by Crippen LogP contribution is -2.40. The highest BCUT2D eigenvalue weighted by Gasteiger charge is 2.28. The number of thiophene rings is 1. The molecule has 0 aliphatic carbocycles. The number of carbonyl (C=O) groups is 1. The predicted molar refractivity (Wildman–Crippen MR) is 102 cm³/mol. The summed E-state index contributed by atoms with van der Waals surface area (Å²) >= 11 is 1.68. The monoisotopic (exact) mass is 352 g/mol. The molecule has 5 nitrogen and oxygen atoms in total. The van der Waals surface area contributed by atoms with Gasteiger partial charge in [-0.15, -0.1) is 11.3 Å². The van der Waals surface area contributed by atoms with Gasteiger partial charge in [-0.1, -0.05) is 25.1 Å². The van der Waals surface area contributed by atoms with E-state index in [9.17, 15) is 4.79 Å². The first-order valence-electron chi connectivity index (χ1n) is 8.56. The SMILES string of the molecule is CCc1cc2c(NC(C)C(=O)N3CCc4ccccc43)ncnc2s1. The number of rotatable bonds is 4. The number of carbonyl (C=O) groups excluding carboxylic acids is 1. The van der Waals surface area contributed by atoms with Gasteiger partial charge in [0, 0.05) is 17.1 Å². The van der Waals surface area contributed by atoms with Gasteiger partial charge in [-0.05, 0) is 37.5 Å². The van der Waals surface area contributed by atoms with Crippen LogP contribution in [0, 0.1) is 0 Å². The molecular formula is C19H20N4OS.